The van der Waals surface area contributed by atoms with Crippen molar-refractivity contribution >= 4 is 5.69 Å². The van der Waals surface area contributed by atoms with E-state index in [-0.39, 0.29) is 6.61 Å². The smallest absolute Gasteiger partial charge is 0.0681 e. The summed E-state index contributed by atoms with van der Waals surface area (Å²) in [5, 5.41) is 9.15. The molecule has 2 unspecified atom stereocenters. The van der Waals surface area contributed by atoms with Crippen molar-refractivity contribution in [3.63, 3.8) is 0 Å². The molecule has 1 aliphatic heterocycles. The molecule has 2 atom stereocenters. The Hall–Kier alpha value is -1.06. The van der Waals surface area contributed by atoms with Crippen LogP contribution in [-0.2, 0) is 11.3 Å². The monoisotopic (exact) mass is 249 g/mol. The highest BCUT2D eigenvalue weighted by Gasteiger charge is 2.26. The minimum atomic E-state index is 0.114. The minimum Gasteiger partial charge on any atom is -0.392 e. The summed E-state index contributed by atoms with van der Waals surface area (Å²) < 4.78 is 5.45. The number of anilines is 1. The van der Waals surface area contributed by atoms with Gasteiger partial charge >= 0.3 is 0 Å². The Labute approximate surface area is 109 Å². The van der Waals surface area contributed by atoms with Gasteiger partial charge in [-0.3, -0.25) is 0 Å². The predicted octanol–water partition coefficient (Wildman–Crippen LogP) is 2.49. The van der Waals surface area contributed by atoms with E-state index >= 15 is 0 Å². The quantitative estimate of drug-likeness (QED) is 0.893. The standard InChI is InChI=1S/C15H23NO2/c1-11-8-13(10-17)4-5-15(11)16-7-6-14(18-3)9-12(16)2/h4-5,8,12,14,17H,6-7,9-10H2,1-3H3. The minimum absolute atomic E-state index is 0.114. The molecule has 1 heterocycles. The van der Waals surface area contributed by atoms with Crippen LogP contribution in [0.2, 0.25) is 0 Å². The molecule has 0 radical (unpaired) electrons. The second-order valence-electron chi connectivity index (χ2n) is 5.20. The van der Waals surface area contributed by atoms with Crippen molar-refractivity contribution in [3.8, 4) is 0 Å². The Morgan fingerprint density at radius 1 is 1.44 bits per heavy atom. The highest BCUT2D eigenvalue weighted by atomic mass is 16.5. The number of rotatable bonds is 3. The topological polar surface area (TPSA) is 32.7 Å². The molecule has 18 heavy (non-hydrogen) atoms. The number of benzene rings is 1. The van der Waals surface area contributed by atoms with Gasteiger partial charge in [0.25, 0.3) is 0 Å². The van der Waals surface area contributed by atoms with Crippen LogP contribution in [0, 0.1) is 6.92 Å². The zero-order chi connectivity index (χ0) is 13.1. The summed E-state index contributed by atoms with van der Waals surface area (Å²) >= 11 is 0. The molecule has 1 fully saturated rings. The van der Waals surface area contributed by atoms with Crippen LogP contribution in [0.5, 0.6) is 0 Å². The summed E-state index contributed by atoms with van der Waals surface area (Å²) in [5.41, 5.74) is 3.51. The molecule has 0 aromatic heterocycles. The van der Waals surface area contributed by atoms with Crippen LogP contribution >= 0.6 is 0 Å². The van der Waals surface area contributed by atoms with E-state index in [0.717, 1.165) is 24.9 Å². The Balaban J connectivity index is 2.16. The van der Waals surface area contributed by atoms with E-state index in [2.05, 4.69) is 30.9 Å². The molecular weight excluding hydrogens is 226 g/mol. The average Bonchev–Trinajstić information content (AvgIpc) is 2.39. The van der Waals surface area contributed by atoms with Gasteiger partial charge in [-0.05, 0) is 43.9 Å². The molecule has 0 spiro atoms. The SMILES string of the molecule is COC1CCN(c2ccc(CO)cc2C)C(C)C1. The Morgan fingerprint density at radius 3 is 2.78 bits per heavy atom. The molecule has 1 aromatic carbocycles. The van der Waals surface area contributed by atoms with Gasteiger partial charge in [-0.25, -0.2) is 0 Å². The first-order valence-corrected chi connectivity index (χ1v) is 6.65. The molecule has 1 aliphatic rings. The number of piperidine rings is 1. The number of hydrogen-bond donors (Lipinski definition) is 1. The molecule has 1 saturated heterocycles. The van der Waals surface area contributed by atoms with Gasteiger partial charge in [-0.15, -0.1) is 0 Å². The number of hydrogen-bond acceptors (Lipinski definition) is 3. The summed E-state index contributed by atoms with van der Waals surface area (Å²) in [6.07, 6.45) is 2.56. The molecule has 0 aliphatic carbocycles. The van der Waals surface area contributed by atoms with Crippen molar-refractivity contribution < 1.29 is 9.84 Å². The summed E-state index contributed by atoms with van der Waals surface area (Å²) in [4.78, 5) is 2.45. The average molecular weight is 249 g/mol. The van der Waals surface area contributed by atoms with Crippen LogP contribution < -0.4 is 4.90 Å². The Bertz CT molecular complexity index is 405. The molecular formula is C15H23NO2. The molecule has 0 bridgehead atoms. The van der Waals surface area contributed by atoms with Gasteiger partial charge in [0.2, 0.25) is 0 Å². The summed E-state index contributed by atoms with van der Waals surface area (Å²) in [7, 11) is 1.80. The maximum atomic E-state index is 9.15. The number of ether oxygens (including phenoxy) is 1. The molecule has 3 heteroatoms. The van der Waals surface area contributed by atoms with Gasteiger partial charge in [0.15, 0.2) is 0 Å². The van der Waals surface area contributed by atoms with Crippen LogP contribution in [0.15, 0.2) is 18.2 Å². The van der Waals surface area contributed by atoms with Crippen LogP contribution in [-0.4, -0.2) is 30.9 Å². The molecule has 3 nitrogen and oxygen atoms in total. The predicted molar refractivity (Wildman–Crippen MR) is 73.9 cm³/mol. The molecule has 100 valence electrons. The van der Waals surface area contributed by atoms with Gasteiger partial charge in [-0.1, -0.05) is 12.1 Å². The lowest BCUT2D eigenvalue weighted by Gasteiger charge is -2.39. The van der Waals surface area contributed by atoms with Crippen LogP contribution in [0.25, 0.3) is 0 Å². The summed E-state index contributed by atoms with van der Waals surface area (Å²) in [6, 6.07) is 6.72. The lowest BCUT2D eigenvalue weighted by molar-refractivity contribution is 0.0721. The molecule has 2 rings (SSSR count). The summed E-state index contributed by atoms with van der Waals surface area (Å²) in [6.45, 7) is 5.52. The van der Waals surface area contributed by atoms with Gasteiger partial charge in [-0.2, -0.15) is 0 Å². The van der Waals surface area contributed by atoms with Gasteiger partial charge in [0.05, 0.1) is 12.7 Å². The van der Waals surface area contributed by atoms with E-state index < -0.39 is 0 Å². The number of aliphatic hydroxyl groups is 1. The highest BCUT2D eigenvalue weighted by molar-refractivity contribution is 5.55. The van der Waals surface area contributed by atoms with E-state index in [1.807, 2.05) is 6.07 Å². The van der Waals surface area contributed by atoms with E-state index in [4.69, 9.17) is 9.84 Å². The third kappa shape index (κ3) is 2.68. The first-order chi connectivity index (χ1) is 8.65. The van der Waals surface area contributed by atoms with Crippen LogP contribution in [0.3, 0.4) is 0 Å². The van der Waals surface area contributed by atoms with Gasteiger partial charge in [0, 0.05) is 25.4 Å². The Kier molecular flexibility index (Phi) is 4.25. The third-order valence-electron chi connectivity index (χ3n) is 3.91. The van der Waals surface area contributed by atoms with Crippen LogP contribution in [0.4, 0.5) is 5.69 Å². The molecule has 0 saturated carbocycles. The second kappa shape index (κ2) is 5.72. The lowest BCUT2D eigenvalue weighted by Crippen LogP contribution is -2.43. The van der Waals surface area contributed by atoms with E-state index in [1.165, 1.54) is 11.3 Å². The maximum Gasteiger partial charge on any atom is 0.0681 e. The summed E-state index contributed by atoms with van der Waals surface area (Å²) in [5.74, 6) is 0. The van der Waals surface area contributed by atoms with Crippen molar-refractivity contribution in [3.05, 3.63) is 29.3 Å². The lowest BCUT2D eigenvalue weighted by atomic mass is 9.98. The van der Waals surface area contributed by atoms with Crippen molar-refractivity contribution in [2.24, 2.45) is 0 Å². The molecule has 1 aromatic rings. The van der Waals surface area contributed by atoms with E-state index in [1.54, 1.807) is 7.11 Å². The number of nitrogens with zero attached hydrogens (tertiary/aromatic N) is 1. The normalized spacial score (nSPS) is 24.3. The van der Waals surface area contributed by atoms with Crippen molar-refractivity contribution in [1.82, 2.24) is 0 Å². The number of aliphatic hydroxyl groups excluding tert-OH is 1. The molecule has 0 amide bonds. The first kappa shape index (κ1) is 13.4. The third-order valence-corrected chi connectivity index (χ3v) is 3.91. The largest absolute Gasteiger partial charge is 0.392 e. The maximum absolute atomic E-state index is 9.15. The van der Waals surface area contributed by atoms with Crippen LogP contribution in [0.1, 0.15) is 30.9 Å². The Morgan fingerprint density at radius 2 is 2.22 bits per heavy atom. The van der Waals surface area contributed by atoms with Crippen molar-refractivity contribution in [2.75, 3.05) is 18.6 Å². The van der Waals surface area contributed by atoms with Crippen molar-refractivity contribution in [2.45, 2.75) is 45.4 Å². The fraction of sp³-hybridized carbons (Fsp3) is 0.600. The van der Waals surface area contributed by atoms with Crippen molar-refractivity contribution in [1.29, 1.82) is 0 Å². The fourth-order valence-electron chi connectivity index (χ4n) is 2.84. The second-order valence-corrected chi connectivity index (χ2v) is 5.20. The van der Waals surface area contributed by atoms with Gasteiger partial charge in [0.1, 0.15) is 0 Å². The first-order valence-electron chi connectivity index (χ1n) is 6.65. The van der Waals surface area contributed by atoms with E-state index in [0.29, 0.717) is 12.1 Å². The zero-order valence-corrected chi connectivity index (χ0v) is 11.5. The van der Waals surface area contributed by atoms with E-state index in [9.17, 15) is 0 Å². The molecule has 1 N–H and O–H groups in total. The number of aryl methyl sites for hydroxylation is 1. The van der Waals surface area contributed by atoms with Gasteiger partial charge < -0.3 is 14.7 Å². The number of methoxy groups -OCH3 is 1. The highest BCUT2D eigenvalue weighted by Crippen LogP contribution is 2.29. The zero-order valence-electron chi connectivity index (χ0n) is 11.5. The fourth-order valence-corrected chi connectivity index (χ4v) is 2.84.